The fourth-order valence-corrected chi connectivity index (χ4v) is 16.6. The molecule has 0 aromatic heterocycles. The molecule has 0 saturated heterocycles. The molecule has 0 radical (unpaired) electrons. The number of aromatic hydroxyl groups is 6. The highest BCUT2D eigenvalue weighted by molar-refractivity contribution is 5.86. The smallest absolute Gasteiger partial charge is 0.115 e. The molecule has 0 unspecified atom stereocenters. The van der Waals surface area contributed by atoms with E-state index in [1.807, 2.05) is 170 Å². The lowest BCUT2D eigenvalue weighted by atomic mass is 9.26. The van der Waals surface area contributed by atoms with Crippen LogP contribution >= 0.6 is 0 Å². The van der Waals surface area contributed by atoms with Crippen LogP contribution in [0.5, 0.6) is 34.5 Å². The average molecular weight is 1290 g/mol. The zero-order valence-corrected chi connectivity index (χ0v) is 63.2. The first-order valence-corrected chi connectivity index (χ1v) is 36.1. The van der Waals surface area contributed by atoms with E-state index >= 15 is 0 Å². The van der Waals surface area contributed by atoms with Crippen molar-refractivity contribution in [2.24, 2.45) is 50.7 Å². The summed E-state index contributed by atoms with van der Waals surface area (Å²) in [5.41, 5.74) is 10.6. The van der Waals surface area contributed by atoms with Gasteiger partial charge in [-0.2, -0.15) is 0 Å². The molecule has 5 saturated carbocycles. The number of aryl methyl sites for hydroxylation is 2. The predicted octanol–water partition coefficient (Wildman–Crippen LogP) is 25.4. The maximum Gasteiger partial charge on any atom is 0.115 e. The van der Waals surface area contributed by atoms with Gasteiger partial charge in [-0.1, -0.05) is 285 Å². The van der Waals surface area contributed by atoms with Crippen molar-refractivity contribution in [1.82, 2.24) is 0 Å². The topological polar surface area (TPSA) is 121 Å². The molecule has 6 N–H and O–H groups in total. The Hall–Kier alpha value is -7.44. The van der Waals surface area contributed by atoms with Crippen LogP contribution in [0.2, 0.25) is 0 Å². The summed E-state index contributed by atoms with van der Waals surface area (Å²) in [7, 11) is 0. The first-order valence-electron chi connectivity index (χ1n) is 36.1. The quantitative estimate of drug-likeness (QED) is 0.104. The zero-order valence-electron chi connectivity index (χ0n) is 63.2. The van der Waals surface area contributed by atoms with E-state index in [2.05, 4.69) is 142 Å². The minimum atomic E-state index is -0.491. The molecule has 0 heterocycles. The minimum Gasteiger partial charge on any atom is -0.508 e. The van der Waals surface area contributed by atoms with Crippen molar-refractivity contribution >= 4 is 0 Å². The van der Waals surface area contributed by atoms with Crippen molar-refractivity contribution in [3.05, 3.63) is 239 Å². The van der Waals surface area contributed by atoms with Crippen LogP contribution in [-0.4, -0.2) is 30.6 Å². The third-order valence-electron chi connectivity index (χ3n) is 22.3. The molecule has 0 spiro atoms. The maximum atomic E-state index is 10.1. The second-order valence-corrected chi connectivity index (χ2v) is 27.5. The number of phenols is 6. The van der Waals surface area contributed by atoms with Gasteiger partial charge in [0.1, 0.15) is 34.5 Å². The van der Waals surface area contributed by atoms with E-state index in [9.17, 15) is 20.4 Å². The first-order chi connectivity index (χ1) is 45.2. The summed E-state index contributed by atoms with van der Waals surface area (Å²) in [5.74, 6) is 6.43. The molecular weight excluding hydrogens is 1160 g/mol. The summed E-state index contributed by atoms with van der Waals surface area (Å²) in [4.78, 5) is 0. The summed E-state index contributed by atoms with van der Waals surface area (Å²) in [6.07, 6.45) is 9.62. The van der Waals surface area contributed by atoms with Gasteiger partial charge in [-0.15, -0.1) is 0 Å². The molecule has 6 aliphatic rings. The van der Waals surface area contributed by atoms with Crippen molar-refractivity contribution in [3.63, 3.8) is 0 Å². The molecule has 518 valence electrons. The molecule has 4 bridgehead atoms. The van der Waals surface area contributed by atoms with E-state index in [0.717, 1.165) is 11.1 Å². The van der Waals surface area contributed by atoms with Crippen LogP contribution in [0, 0.1) is 64.6 Å². The molecule has 0 atom stereocenters. The fraction of sp³-hybridized carbons (Fsp3) is 0.461. The van der Waals surface area contributed by atoms with E-state index in [1.54, 1.807) is 87.1 Å². The second-order valence-electron chi connectivity index (χ2n) is 27.5. The standard InChI is InChI=1S/C28H40O2.C25H18O2.C10H16.2C7H8O.6C2H6/c1-23(2)24(3,4)26(7,8)28(27(9,10)25(23,5)6,19-11-15-21(29)16-12-19)20-13-17-22(30)18-14-20;26-19-13-9-17(10-14-19)25(18-11-15-20(27)16-12-18)23-7-3-1-5-21(23)22-6-2-4-8-24(22)25;1-7-2-9-4-8(1)5-10(3-7)6-9;2*1-6-2-4-7(8)5-3-6;6*1-2/h11-18,29-30H,1-10H3;1-16,26-27H;7-10H,1-6H2;2*2-5,8H,1H3;6*1-2H3. The van der Waals surface area contributed by atoms with Crippen LogP contribution in [0.25, 0.3) is 11.1 Å². The van der Waals surface area contributed by atoms with Crippen molar-refractivity contribution < 1.29 is 30.6 Å². The number of hydrogen-bond donors (Lipinski definition) is 6. The van der Waals surface area contributed by atoms with Gasteiger partial charge in [0.15, 0.2) is 0 Å². The number of phenolic OH excluding ortho intramolecular Hbond substituents is 6. The van der Waals surface area contributed by atoms with E-state index in [1.165, 1.54) is 68.2 Å². The van der Waals surface area contributed by atoms with Gasteiger partial charge in [-0.3, -0.25) is 0 Å². The third-order valence-corrected chi connectivity index (χ3v) is 22.3. The lowest BCUT2D eigenvalue weighted by Crippen LogP contribution is -2.74. The summed E-state index contributed by atoms with van der Waals surface area (Å²) in [6, 6.07) is 61.6. The van der Waals surface area contributed by atoms with Gasteiger partial charge in [0.05, 0.1) is 5.41 Å². The third kappa shape index (κ3) is 16.7. The van der Waals surface area contributed by atoms with Crippen LogP contribution in [0.1, 0.15) is 235 Å². The van der Waals surface area contributed by atoms with E-state index < -0.39 is 5.41 Å². The molecule has 8 aromatic carbocycles. The van der Waals surface area contributed by atoms with Crippen LogP contribution < -0.4 is 0 Å². The van der Waals surface area contributed by atoms with Crippen molar-refractivity contribution in [3.8, 4) is 45.6 Å². The molecule has 14 rings (SSSR count). The Bertz CT molecular complexity index is 3140. The van der Waals surface area contributed by atoms with Gasteiger partial charge >= 0.3 is 0 Å². The highest BCUT2D eigenvalue weighted by Gasteiger charge is 2.75. The molecular formula is C89H126O6. The van der Waals surface area contributed by atoms with Gasteiger partial charge in [-0.25, -0.2) is 0 Å². The Morgan fingerprint density at radius 3 is 0.653 bits per heavy atom. The number of benzene rings is 8. The fourth-order valence-electron chi connectivity index (χ4n) is 16.6. The second kappa shape index (κ2) is 36.1. The Morgan fingerprint density at radius 2 is 0.432 bits per heavy atom. The maximum absolute atomic E-state index is 10.1. The average Bonchev–Trinajstić information content (AvgIpc) is 1.24. The van der Waals surface area contributed by atoms with Gasteiger partial charge in [0.25, 0.3) is 0 Å². The zero-order chi connectivity index (χ0) is 71.9. The number of rotatable bonds is 4. The van der Waals surface area contributed by atoms with Gasteiger partial charge < -0.3 is 30.6 Å². The lowest BCUT2D eigenvalue weighted by molar-refractivity contribution is -0.251. The Morgan fingerprint density at radius 1 is 0.242 bits per heavy atom. The van der Waals surface area contributed by atoms with Crippen LogP contribution in [0.3, 0.4) is 0 Å². The van der Waals surface area contributed by atoms with Crippen molar-refractivity contribution in [2.75, 3.05) is 0 Å². The minimum absolute atomic E-state index is 0.0329. The first kappa shape index (κ1) is 81.8. The highest BCUT2D eigenvalue weighted by atomic mass is 16.3. The predicted molar refractivity (Wildman–Crippen MR) is 408 cm³/mol. The largest absolute Gasteiger partial charge is 0.508 e. The molecule has 0 aliphatic heterocycles. The Kier molecular flexibility index (Phi) is 31.0. The molecule has 0 amide bonds. The molecule has 6 nitrogen and oxygen atoms in total. The lowest BCUT2D eigenvalue weighted by Gasteiger charge is -2.78. The van der Waals surface area contributed by atoms with E-state index in [-0.39, 0.29) is 55.5 Å². The van der Waals surface area contributed by atoms with Crippen molar-refractivity contribution in [2.45, 2.75) is 216 Å². The van der Waals surface area contributed by atoms with Gasteiger partial charge in [0, 0.05) is 5.41 Å². The Balaban J connectivity index is 0.000000324. The summed E-state index contributed by atoms with van der Waals surface area (Å²) < 4.78 is 0. The van der Waals surface area contributed by atoms with E-state index in [0.29, 0.717) is 11.5 Å². The monoisotopic (exact) mass is 1290 g/mol. The highest BCUT2D eigenvalue weighted by Crippen LogP contribution is 2.80. The number of fused-ring (bicyclic) bond motifs is 3. The van der Waals surface area contributed by atoms with Gasteiger partial charge in [-0.05, 0) is 220 Å². The summed E-state index contributed by atoms with van der Waals surface area (Å²) in [6.45, 7) is 52.1. The molecule has 95 heavy (non-hydrogen) atoms. The molecule has 8 aromatic rings. The molecule has 6 heteroatoms. The number of hydrogen-bond acceptors (Lipinski definition) is 6. The summed E-state index contributed by atoms with van der Waals surface area (Å²) in [5, 5.41) is 57.3. The molecule has 6 aliphatic carbocycles. The van der Waals surface area contributed by atoms with Crippen LogP contribution in [-0.2, 0) is 10.8 Å². The summed E-state index contributed by atoms with van der Waals surface area (Å²) >= 11 is 0. The van der Waals surface area contributed by atoms with Gasteiger partial charge in [0.2, 0.25) is 0 Å². The SMILES string of the molecule is C1C2CC3CC1CC(C2)C3.CC.CC.CC.CC.CC.CC.CC1(C)C(C)(C)C(C)(C)C(c2ccc(O)cc2)(c2ccc(O)cc2)C(C)(C)C1(C)C.Cc1ccc(O)cc1.Cc1ccc(O)cc1.Oc1ccc(C2(c3ccc(O)cc3)c3ccccc3-c3ccccc32)cc1. The van der Waals surface area contributed by atoms with E-state index in [4.69, 9.17) is 10.2 Å². The molecule has 5 fully saturated rings. The Labute approximate surface area is 578 Å². The van der Waals surface area contributed by atoms with Crippen molar-refractivity contribution in [1.29, 1.82) is 0 Å². The van der Waals surface area contributed by atoms with Crippen LogP contribution in [0.15, 0.2) is 194 Å². The normalized spacial score (nSPS) is 19.7. The van der Waals surface area contributed by atoms with Crippen LogP contribution in [0.4, 0.5) is 0 Å².